The third-order valence-electron chi connectivity index (χ3n) is 5.46. The van der Waals surface area contributed by atoms with E-state index >= 15 is 0 Å². The highest BCUT2D eigenvalue weighted by atomic mass is 16.5. The first-order valence-corrected chi connectivity index (χ1v) is 11.1. The molecule has 0 radical (unpaired) electrons. The van der Waals surface area contributed by atoms with Crippen LogP contribution in [0.25, 0.3) is 0 Å². The van der Waals surface area contributed by atoms with Crippen molar-refractivity contribution in [3.05, 3.63) is 70.8 Å². The minimum atomic E-state index is 0.238. The van der Waals surface area contributed by atoms with Gasteiger partial charge in [0.2, 0.25) is 0 Å². The van der Waals surface area contributed by atoms with E-state index in [0.29, 0.717) is 11.8 Å². The quantitative estimate of drug-likeness (QED) is 0.711. The molecule has 160 valence electrons. The number of morpholine rings is 1. The van der Waals surface area contributed by atoms with Crippen LogP contribution in [0.15, 0.2) is 48.5 Å². The van der Waals surface area contributed by atoms with Crippen molar-refractivity contribution in [2.75, 3.05) is 39.5 Å². The summed E-state index contributed by atoms with van der Waals surface area (Å²) in [7, 11) is 0. The molecule has 1 N–H and O–H groups in total. The van der Waals surface area contributed by atoms with Gasteiger partial charge in [-0.15, -0.1) is 0 Å². The Balaban J connectivity index is 0.000000221. The van der Waals surface area contributed by atoms with Crippen LogP contribution in [0.3, 0.4) is 0 Å². The summed E-state index contributed by atoms with van der Waals surface area (Å²) in [6.07, 6.45) is 1.92. The molecule has 3 rings (SSSR count). The van der Waals surface area contributed by atoms with Crippen molar-refractivity contribution >= 4 is 0 Å². The molecule has 0 unspecified atom stereocenters. The first-order valence-electron chi connectivity index (χ1n) is 11.1. The standard InChI is InChI=1S/C15H23NO.C11H16O/c1-13(2)15-5-3-4-14(12-15)6-7-16-8-10-17-11-9-16;1-9(2)11-5-3-4-10(8-11)6-7-12/h3-5,12-13H,6-11H2,1-2H3;3-5,8-9,12H,6-7H2,1-2H3. The van der Waals surface area contributed by atoms with Crippen LogP contribution in [0.1, 0.15) is 61.8 Å². The third kappa shape index (κ3) is 8.69. The summed E-state index contributed by atoms with van der Waals surface area (Å²) in [6, 6.07) is 17.4. The largest absolute Gasteiger partial charge is 0.396 e. The lowest BCUT2D eigenvalue weighted by molar-refractivity contribution is 0.0384. The van der Waals surface area contributed by atoms with Crippen molar-refractivity contribution in [3.63, 3.8) is 0 Å². The highest BCUT2D eigenvalue weighted by molar-refractivity contribution is 5.26. The van der Waals surface area contributed by atoms with Gasteiger partial charge in [0.25, 0.3) is 0 Å². The van der Waals surface area contributed by atoms with Crippen LogP contribution in [0.2, 0.25) is 0 Å². The molecule has 0 aromatic heterocycles. The average molecular weight is 398 g/mol. The molecular weight excluding hydrogens is 358 g/mol. The number of ether oxygens (including phenoxy) is 1. The molecule has 2 aromatic carbocycles. The van der Waals surface area contributed by atoms with Crippen LogP contribution < -0.4 is 0 Å². The van der Waals surface area contributed by atoms with Crippen LogP contribution in [-0.2, 0) is 17.6 Å². The normalized spacial score (nSPS) is 14.7. The fourth-order valence-electron chi connectivity index (χ4n) is 3.46. The third-order valence-corrected chi connectivity index (χ3v) is 5.46. The zero-order valence-corrected chi connectivity index (χ0v) is 18.7. The molecular formula is C26H39NO2. The molecule has 0 aliphatic carbocycles. The van der Waals surface area contributed by atoms with Gasteiger partial charge in [0, 0.05) is 26.2 Å². The summed E-state index contributed by atoms with van der Waals surface area (Å²) >= 11 is 0. The van der Waals surface area contributed by atoms with Gasteiger partial charge in [-0.05, 0) is 46.9 Å². The Kier molecular flexibility index (Phi) is 10.4. The highest BCUT2D eigenvalue weighted by Crippen LogP contribution is 2.16. The molecule has 1 fully saturated rings. The molecule has 3 nitrogen and oxygen atoms in total. The molecule has 0 atom stereocenters. The second-order valence-electron chi connectivity index (χ2n) is 8.48. The maximum Gasteiger partial charge on any atom is 0.0594 e. The van der Waals surface area contributed by atoms with Gasteiger partial charge in [0.05, 0.1) is 13.2 Å². The summed E-state index contributed by atoms with van der Waals surface area (Å²) in [5.74, 6) is 1.20. The van der Waals surface area contributed by atoms with E-state index in [0.717, 1.165) is 45.7 Å². The number of aliphatic hydroxyl groups excluding tert-OH is 1. The van der Waals surface area contributed by atoms with E-state index in [9.17, 15) is 0 Å². The molecule has 0 spiro atoms. The predicted molar refractivity (Wildman–Crippen MR) is 123 cm³/mol. The molecule has 0 saturated carbocycles. The number of rotatable bonds is 7. The molecule has 29 heavy (non-hydrogen) atoms. The molecule has 1 aliphatic rings. The predicted octanol–water partition coefficient (Wildman–Crippen LogP) is 5.03. The minimum absolute atomic E-state index is 0.238. The molecule has 3 heteroatoms. The van der Waals surface area contributed by atoms with Crippen LogP contribution in [0, 0.1) is 0 Å². The van der Waals surface area contributed by atoms with E-state index in [4.69, 9.17) is 9.84 Å². The Morgan fingerprint density at radius 3 is 1.83 bits per heavy atom. The second kappa shape index (κ2) is 12.8. The van der Waals surface area contributed by atoms with E-state index in [2.05, 4.69) is 81.1 Å². The summed E-state index contributed by atoms with van der Waals surface area (Å²) in [5, 5.41) is 8.75. The Morgan fingerprint density at radius 2 is 1.34 bits per heavy atom. The topological polar surface area (TPSA) is 32.7 Å². The Hall–Kier alpha value is -1.68. The summed E-state index contributed by atoms with van der Waals surface area (Å²) in [5.41, 5.74) is 5.48. The zero-order valence-electron chi connectivity index (χ0n) is 18.7. The molecule has 1 heterocycles. The van der Waals surface area contributed by atoms with E-state index in [-0.39, 0.29) is 6.61 Å². The molecule has 2 aromatic rings. The molecule has 0 amide bonds. The number of aliphatic hydroxyl groups is 1. The lowest BCUT2D eigenvalue weighted by atomic mass is 10.00. The van der Waals surface area contributed by atoms with E-state index in [1.54, 1.807) is 0 Å². The van der Waals surface area contributed by atoms with Gasteiger partial charge in [-0.25, -0.2) is 0 Å². The smallest absolute Gasteiger partial charge is 0.0594 e. The first-order chi connectivity index (χ1) is 14.0. The van der Waals surface area contributed by atoms with Crippen molar-refractivity contribution in [2.24, 2.45) is 0 Å². The number of hydrogen-bond acceptors (Lipinski definition) is 3. The van der Waals surface area contributed by atoms with Crippen molar-refractivity contribution < 1.29 is 9.84 Å². The fourth-order valence-corrected chi connectivity index (χ4v) is 3.46. The second-order valence-corrected chi connectivity index (χ2v) is 8.48. The van der Waals surface area contributed by atoms with Gasteiger partial charge < -0.3 is 9.84 Å². The van der Waals surface area contributed by atoms with Gasteiger partial charge in [-0.2, -0.15) is 0 Å². The number of nitrogens with zero attached hydrogens (tertiary/aromatic N) is 1. The Labute approximate surface area is 177 Å². The zero-order chi connectivity index (χ0) is 21.1. The van der Waals surface area contributed by atoms with E-state index in [1.165, 1.54) is 22.3 Å². The number of hydrogen-bond donors (Lipinski definition) is 1. The minimum Gasteiger partial charge on any atom is -0.396 e. The van der Waals surface area contributed by atoms with Gasteiger partial charge in [0.1, 0.15) is 0 Å². The van der Waals surface area contributed by atoms with Crippen LogP contribution in [-0.4, -0.2) is 49.5 Å². The van der Waals surface area contributed by atoms with Crippen LogP contribution >= 0.6 is 0 Å². The van der Waals surface area contributed by atoms with Crippen LogP contribution in [0.4, 0.5) is 0 Å². The summed E-state index contributed by atoms with van der Waals surface area (Å²) < 4.78 is 5.36. The highest BCUT2D eigenvalue weighted by Gasteiger charge is 2.10. The van der Waals surface area contributed by atoms with E-state index < -0.39 is 0 Å². The van der Waals surface area contributed by atoms with Crippen LogP contribution in [0.5, 0.6) is 0 Å². The van der Waals surface area contributed by atoms with Crippen molar-refractivity contribution in [1.82, 2.24) is 4.90 Å². The van der Waals surface area contributed by atoms with Gasteiger partial charge in [-0.1, -0.05) is 76.2 Å². The first kappa shape index (κ1) is 23.6. The van der Waals surface area contributed by atoms with E-state index in [1.807, 2.05) is 0 Å². The SMILES string of the molecule is CC(C)c1cccc(CCN2CCOCC2)c1.CC(C)c1cccc(CCO)c1. The maximum absolute atomic E-state index is 8.75. The van der Waals surface area contributed by atoms with Crippen molar-refractivity contribution in [3.8, 4) is 0 Å². The van der Waals surface area contributed by atoms with Gasteiger partial charge in [0.15, 0.2) is 0 Å². The Morgan fingerprint density at radius 1 is 0.828 bits per heavy atom. The average Bonchev–Trinajstić information content (AvgIpc) is 2.74. The molecule has 1 aliphatic heterocycles. The summed E-state index contributed by atoms with van der Waals surface area (Å²) in [6.45, 7) is 14.2. The Bertz CT molecular complexity index is 705. The van der Waals surface area contributed by atoms with Crippen molar-refractivity contribution in [1.29, 1.82) is 0 Å². The van der Waals surface area contributed by atoms with Crippen molar-refractivity contribution in [2.45, 2.75) is 52.4 Å². The summed E-state index contributed by atoms with van der Waals surface area (Å²) in [4.78, 5) is 2.49. The lowest BCUT2D eigenvalue weighted by Crippen LogP contribution is -2.37. The van der Waals surface area contributed by atoms with Gasteiger partial charge >= 0.3 is 0 Å². The van der Waals surface area contributed by atoms with Gasteiger partial charge in [-0.3, -0.25) is 4.90 Å². The monoisotopic (exact) mass is 397 g/mol. The fraction of sp³-hybridized carbons (Fsp3) is 0.538. The number of benzene rings is 2. The maximum atomic E-state index is 8.75. The molecule has 1 saturated heterocycles. The molecule has 0 bridgehead atoms. The lowest BCUT2D eigenvalue weighted by Gasteiger charge is -2.26.